The first-order chi connectivity index (χ1) is 10.2. The molecule has 2 aromatic rings. The molecular formula is C17H20F2N2. The van der Waals surface area contributed by atoms with Crippen LogP contribution in [0.3, 0.4) is 0 Å². The van der Waals surface area contributed by atoms with Crippen LogP contribution in [0, 0.1) is 11.6 Å². The Kier molecular flexibility index (Phi) is 5.81. The molecule has 1 atom stereocenters. The summed E-state index contributed by atoms with van der Waals surface area (Å²) < 4.78 is 27.5. The van der Waals surface area contributed by atoms with Gasteiger partial charge in [-0.2, -0.15) is 0 Å². The minimum Gasteiger partial charge on any atom is -0.314 e. The predicted octanol–water partition coefficient (Wildman–Crippen LogP) is 3.51. The summed E-state index contributed by atoms with van der Waals surface area (Å²) >= 11 is 0. The summed E-state index contributed by atoms with van der Waals surface area (Å²) in [6.45, 7) is 2.76. The molecule has 21 heavy (non-hydrogen) atoms. The molecule has 0 saturated heterocycles. The molecule has 0 radical (unpaired) electrons. The Morgan fingerprint density at radius 1 is 1.10 bits per heavy atom. The molecular weight excluding hydrogens is 270 g/mol. The normalized spacial score (nSPS) is 12.3. The number of nitrogens with zero attached hydrogens (tertiary/aromatic N) is 1. The zero-order valence-electron chi connectivity index (χ0n) is 12.2. The number of halogens is 2. The third kappa shape index (κ3) is 4.60. The van der Waals surface area contributed by atoms with Gasteiger partial charge in [-0.15, -0.1) is 0 Å². The Morgan fingerprint density at radius 2 is 1.86 bits per heavy atom. The van der Waals surface area contributed by atoms with E-state index in [0.717, 1.165) is 25.1 Å². The number of nitrogens with one attached hydrogen (secondary N) is 1. The van der Waals surface area contributed by atoms with Crippen LogP contribution in [-0.4, -0.2) is 17.6 Å². The molecule has 0 amide bonds. The van der Waals surface area contributed by atoms with Gasteiger partial charge in [0, 0.05) is 23.5 Å². The largest absolute Gasteiger partial charge is 0.314 e. The number of rotatable bonds is 7. The van der Waals surface area contributed by atoms with Crippen LogP contribution in [0.4, 0.5) is 8.78 Å². The van der Waals surface area contributed by atoms with E-state index in [0.29, 0.717) is 6.42 Å². The number of hydrogen-bond donors (Lipinski definition) is 1. The fourth-order valence-corrected chi connectivity index (χ4v) is 2.41. The molecule has 1 aromatic heterocycles. The van der Waals surface area contributed by atoms with E-state index in [2.05, 4.69) is 10.3 Å². The third-order valence-corrected chi connectivity index (χ3v) is 3.48. The van der Waals surface area contributed by atoms with E-state index < -0.39 is 11.6 Å². The molecule has 4 heteroatoms. The van der Waals surface area contributed by atoms with E-state index in [1.54, 1.807) is 6.20 Å². The molecule has 1 unspecified atom stereocenters. The van der Waals surface area contributed by atoms with Crippen molar-refractivity contribution in [1.29, 1.82) is 0 Å². The second-order valence-electron chi connectivity index (χ2n) is 5.02. The van der Waals surface area contributed by atoms with Crippen LogP contribution in [0.2, 0.25) is 0 Å². The van der Waals surface area contributed by atoms with Gasteiger partial charge in [-0.25, -0.2) is 8.78 Å². The Balaban J connectivity index is 2.02. The average Bonchev–Trinajstić information content (AvgIpc) is 2.49. The molecule has 0 aliphatic rings. The molecule has 0 aliphatic heterocycles. The quantitative estimate of drug-likeness (QED) is 0.844. The lowest BCUT2D eigenvalue weighted by Gasteiger charge is -2.18. The molecule has 1 N–H and O–H groups in total. The summed E-state index contributed by atoms with van der Waals surface area (Å²) in [6, 6.07) is 9.82. The fourth-order valence-electron chi connectivity index (χ4n) is 2.41. The van der Waals surface area contributed by atoms with E-state index in [1.807, 2.05) is 25.1 Å². The first kappa shape index (κ1) is 15.6. The minimum absolute atomic E-state index is 0.0309. The SMILES string of the molecule is CCNC(CCc1ccccn1)Cc1c(F)cccc1F. The van der Waals surface area contributed by atoms with Gasteiger partial charge in [0.15, 0.2) is 0 Å². The molecule has 0 fully saturated rings. The van der Waals surface area contributed by atoms with E-state index in [4.69, 9.17) is 0 Å². The summed E-state index contributed by atoms with van der Waals surface area (Å²) in [6.07, 6.45) is 3.68. The first-order valence-corrected chi connectivity index (χ1v) is 7.27. The van der Waals surface area contributed by atoms with E-state index >= 15 is 0 Å². The number of aryl methyl sites for hydroxylation is 1. The number of aromatic nitrogens is 1. The Labute approximate surface area is 124 Å². The van der Waals surface area contributed by atoms with E-state index in [9.17, 15) is 8.78 Å². The van der Waals surface area contributed by atoms with Crippen LogP contribution < -0.4 is 5.32 Å². The maximum absolute atomic E-state index is 13.7. The molecule has 0 aliphatic carbocycles. The maximum atomic E-state index is 13.7. The van der Waals surface area contributed by atoms with Crippen LogP contribution in [0.15, 0.2) is 42.6 Å². The highest BCUT2D eigenvalue weighted by molar-refractivity contribution is 5.21. The summed E-state index contributed by atoms with van der Waals surface area (Å²) in [5.41, 5.74) is 1.15. The maximum Gasteiger partial charge on any atom is 0.129 e. The number of hydrogen-bond acceptors (Lipinski definition) is 2. The third-order valence-electron chi connectivity index (χ3n) is 3.48. The second kappa shape index (κ2) is 7.84. The van der Waals surface area contributed by atoms with E-state index in [-0.39, 0.29) is 11.6 Å². The van der Waals surface area contributed by atoms with Crippen LogP contribution in [-0.2, 0) is 12.8 Å². The fraction of sp³-hybridized carbons (Fsp3) is 0.353. The lowest BCUT2D eigenvalue weighted by Crippen LogP contribution is -2.32. The second-order valence-corrected chi connectivity index (χ2v) is 5.02. The minimum atomic E-state index is -0.476. The van der Waals surface area contributed by atoms with Gasteiger partial charge >= 0.3 is 0 Å². The monoisotopic (exact) mass is 290 g/mol. The highest BCUT2D eigenvalue weighted by Gasteiger charge is 2.15. The van der Waals surface area contributed by atoms with Gasteiger partial charge in [0.1, 0.15) is 11.6 Å². The van der Waals surface area contributed by atoms with Crippen molar-refractivity contribution in [3.8, 4) is 0 Å². The number of pyridine rings is 1. The van der Waals surface area contributed by atoms with Crippen LogP contribution in [0.25, 0.3) is 0 Å². The summed E-state index contributed by atoms with van der Waals surface area (Å²) in [5.74, 6) is -0.952. The van der Waals surface area contributed by atoms with Crippen LogP contribution in [0.1, 0.15) is 24.6 Å². The lowest BCUT2D eigenvalue weighted by molar-refractivity contribution is 0.462. The summed E-state index contributed by atoms with van der Waals surface area (Å²) in [7, 11) is 0. The summed E-state index contributed by atoms with van der Waals surface area (Å²) in [4.78, 5) is 4.28. The molecule has 2 nitrogen and oxygen atoms in total. The molecule has 2 rings (SSSR count). The van der Waals surface area contributed by atoms with Gasteiger partial charge in [0.25, 0.3) is 0 Å². The first-order valence-electron chi connectivity index (χ1n) is 7.27. The van der Waals surface area contributed by atoms with Crippen molar-refractivity contribution in [3.63, 3.8) is 0 Å². The summed E-state index contributed by atoms with van der Waals surface area (Å²) in [5, 5.41) is 3.29. The molecule has 0 saturated carbocycles. The van der Waals surface area contributed by atoms with Gasteiger partial charge in [0.05, 0.1) is 0 Å². The highest BCUT2D eigenvalue weighted by Crippen LogP contribution is 2.16. The smallest absolute Gasteiger partial charge is 0.129 e. The Morgan fingerprint density at radius 3 is 2.48 bits per heavy atom. The van der Waals surface area contributed by atoms with Crippen molar-refractivity contribution in [1.82, 2.24) is 10.3 Å². The Bertz CT molecular complexity index is 538. The lowest BCUT2D eigenvalue weighted by atomic mass is 9.99. The molecule has 1 aromatic carbocycles. The van der Waals surface area contributed by atoms with Gasteiger partial charge in [-0.1, -0.05) is 19.1 Å². The van der Waals surface area contributed by atoms with Crippen molar-refractivity contribution >= 4 is 0 Å². The van der Waals surface area contributed by atoms with Gasteiger partial charge < -0.3 is 5.32 Å². The molecule has 1 heterocycles. The van der Waals surface area contributed by atoms with Crippen LogP contribution >= 0.6 is 0 Å². The standard InChI is InChI=1S/C17H20F2N2/c1-2-20-14(10-9-13-6-3-4-11-21-13)12-15-16(18)7-5-8-17(15)19/h3-8,11,14,20H,2,9-10,12H2,1H3. The van der Waals surface area contributed by atoms with Crippen molar-refractivity contribution in [2.75, 3.05) is 6.54 Å². The average molecular weight is 290 g/mol. The predicted molar refractivity (Wildman–Crippen MR) is 80.1 cm³/mol. The molecule has 0 spiro atoms. The number of likely N-dealkylation sites (N-methyl/N-ethyl adjacent to an activating group) is 1. The van der Waals surface area contributed by atoms with Crippen molar-refractivity contribution < 1.29 is 8.78 Å². The van der Waals surface area contributed by atoms with Crippen molar-refractivity contribution in [2.45, 2.75) is 32.2 Å². The highest BCUT2D eigenvalue weighted by atomic mass is 19.1. The number of benzene rings is 1. The van der Waals surface area contributed by atoms with Crippen LogP contribution in [0.5, 0.6) is 0 Å². The zero-order chi connectivity index (χ0) is 15.1. The topological polar surface area (TPSA) is 24.9 Å². The van der Waals surface area contributed by atoms with Crippen molar-refractivity contribution in [3.05, 3.63) is 65.5 Å². The van der Waals surface area contributed by atoms with Gasteiger partial charge in [-0.3, -0.25) is 4.98 Å². The van der Waals surface area contributed by atoms with Crippen molar-refractivity contribution in [2.24, 2.45) is 0 Å². The zero-order valence-corrected chi connectivity index (χ0v) is 12.2. The van der Waals surface area contributed by atoms with Gasteiger partial charge in [-0.05, 0) is 50.1 Å². The Hall–Kier alpha value is -1.81. The molecule has 112 valence electrons. The van der Waals surface area contributed by atoms with Gasteiger partial charge in [0.2, 0.25) is 0 Å². The molecule has 0 bridgehead atoms. The van der Waals surface area contributed by atoms with E-state index in [1.165, 1.54) is 18.2 Å².